The minimum atomic E-state index is -1.34. The number of rotatable bonds is 4. The van der Waals surface area contributed by atoms with E-state index in [-0.39, 0.29) is 16.2 Å². The number of benzene rings is 3. The van der Waals surface area contributed by atoms with E-state index < -0.39 is 22.8 Å². The Balaban J connectivity index is 1.83. The van der Waals surface area contributed by atoms with Gasteiger partial charge in [-0.05, 0) is 0 Å². The van der Waals surface area contributed by atoms with Crippen LogP contribution in [-0.2, 0) is 28.2 Å². The van der Waals surface area contributed by atoms with E-state index in [4.69, 9.17) is 0 Å². The van der Waals surface area contributed by atoms with E-state index in [0.29, 0.717) is 0 Å². The first kappa shape index (κ1) is 30.2. The van der Waals surface area contributed by atoms with Gasteiger partial charge in [-0.15, -0.1) is 0 Å². The van der Waals surface area contributed by atoms with Crippen molar-refractivity contribution in [2.75, 3.05) is 0 Å². The normalized spacial score (nSPS) is 19.7. The molecule has 43 heavy (non-hydrogen) atoms. The van der Waals surface area contributed by atoms with Crippen LogP contribution in [0.4, 0.5) is 0 Å². The molecule has 0 spiro atoms. The third-order valence-corrected chi connectivity index (χ3v) is 14.1. The monoisotopic (exact) mass is 639 g/mol. The zero-order valence-corrected chi connectivity index (χ0v) is 29.9. The average molecular weight is 641 g/mol. The van der Waals surface area contributed by atoms with Crippen LogP contribution in [0.15, 0.2) is 119 Å². The predicted molar refractivity (Wildman–Crippen MR) is 182 cm³/mol. The van der Waals surface area contributed by atoms with E-state index >= 15 is 0 Å². The molecule has 0 saturated carbocycles. The molecule has 1 heteroatoms. The van der Waals surface area contributed by atoms with Gasteiger partial charge >= 0.3 is 272 Å². The number of hydrogen-bond donors (Lipinski definition) is 0. The average Bonchev–Trinajstić information content (AvgIpc) is 3.59. The van der Waals surface area contributed by atoms with Gasteiger partial charge in [0.2, 0.25) is 0 Å². The predicted octanol–water partition coefficient (Wildman–Crippen LogP) is 9.11. The summed E-state index contributed by atoms with van der Waals surface area (Å²) in [5.74, 6) is 0. The molecule has 0 radical (unpaired) electrons. The minimum absolute atomic E-state index is 0.0623. The van der Waals surface area contributed by atoms with Crippen LogP contribution in [0.2, 0.25) is 0 Å². The third kappa shape index (κ3) is 5.07. The summed E-state index contributed by atoms with van der Waals surface area (Å²) in [6.07, 6.45) is 10.6. The first-order chi connectivity index (χ1) is 20.3. The molecular weight excluding hydrogens is 596 g/mol. The Morgan fingerprint density at radius 2 is 1.42 bits per heavy atom. The number of hydrogen-bond acceptors (Lipinski definition) is 0. The van der Waals surface area contributed by atoms with Crippen molar-refractivity contribution in [3.63, 3.8) is 0 Å². The van der Waals surface area contributed by atoms with Gasteiger partial charge in [0.15, 0.2) is 0 Å². The van der Waals surface area contributed by atoms with Gasteiger partial charge in [-0.1, -0.05) is 0 Å². The Morgan fingerprint density at radius 1 is 0.814 bits per heavy atom. The van der Waals surface area contributed by atoms with Crippen LogP contribution in [0.5, 0.6) is 0 Å². The Bertz CT molecular complexity index is 1850. The van der Waals surface area contributed by atoms with E-state index in [1.807, 2.05) is 0 Å². The van der Waals surface area contributed by atoms with E-state index in [9.17, 15) is 0 Å². The van der Waals surface area contributed by atoms with Crippen molar-refractivity contribution in [2.24, 2.45) is 10.8 Å². The van der Waals surface area contributed by atoms with Crippen LogP contribution < -0.4 is 10.4 Å². The van der Waals surface area contributed by atoms with Crippen LogP contribution in [0, 0.1) is 17.8 Å². The second kappa shape index (κ2) is 10.9. The number of aryl methyl sites for hydroxylation is 1. The molecule has 1 atom stereocenters. The van der Waals surface area contributed by atoms with E-state index in [2.05, 4.69) is 159 Å². The molecule has 3 aliphatic rings. The Morgan fingerprint density at radius 3 is 1.93 bits per heavy atom. The molecule has 0 aromatic heterocycles. The fraction of sp³-hybridized carbons (Fsp3) is 0.310. The summed E-state index contributed by atoms with van der Waals surface area (Å²) in [7, 11) is 0. The zero-order chi connectivity index (χ0) is 30.7. The van der Waals surface area contributed by atoms with E-state index in [0.717, 1.165) is 6.42 Å². The Hall–Kier alpha value is -2.89. The first-order valence-electron chi connectivity index (χ1n) is 15.8. The SMILES string of the molecule is CC1=CC2=c3c(C)cc(C(C)(C)C)cc3=[C]([Zr]=[C](c3ccccc3)c3ccccc3)C2=C(C2=CC=CC2)C1(C)C(C)(C)C. The van der Waals surface area contributed by atoms with Crippen LogP contribution in [0.1, 0.15) is 84.1 Å². The van der Waals surface area contributed by atoms with Gasteiger partial charge in [-0.3, -0.25) is 0 Å². The summed E-state index contributed by atoms with van der Waals surface area (Å²) in [5, 5.41) is 2.97. The van der Waals surface area contributed by atoms with Crippen LogP contribution in [-0.4, -0.2) is 3.21 Å². The van der Waals surface area contributed by atoms with Crippen molar-refractivity contribution < 1.29 is 22.8 Å². The molecule has 0 saturated heterocycles. The Kier molecular flexibility index (Phi) is 7.66. The summed E-state index contributed by atoms with van der Waals surface area (Å²) in [5.41, 5.74) is 13.2. The molecule has 0 N–H and O–H groups in total. The van der Waals surface area contributed by atoms with Crippen molar-refractivity contribution in [1.82, 2.24) is 0 Å². The molecule has 3 aromatic carbocycles. The van der Waals surface area contributed by atoms with Crippen LogP contribution in [0.25, 0.3) is 8.85 Å². The molecule has 0 aliphatic heterocycles. The van der Waals surface area contributed by atoms with Gasteiger partial charge in [0.25, 0.3) is 0 Å². The fourth-order valence-corrected chi connectivity index (χ4v) is 11.1. The van der Waals surface area contributed by atoms with Crippen LogP contribution in [0.3, 0.4) is 0 Å². The van der Waals surface area contributed by atoms with Crippen molar-refractivity contribution in [1.29, 1.82) is 0 Å². The maximum atomic E-state index is 2.58. The van der Waals surface area contributed by atoms with E-state index in [1.54, 1.807) is 17.6 Å². The van der Waals surface area contributed by atoms with Crippen molar-refractivity contribution in [3.8, 4) is 0 Å². The molecule has 1 unspecified atom stereocenters. The molecular formula is C42H45Zr. The van der Waals surface area contributed by atoms with E-state index in [1.165, 1.54) is 49.4 Å². The molecule has 0 fully saturated rings. The molecule has 3 aromatic rings. The molecule has 217 valence electrons. The summed E-state index contributed by atoms with van der Waals surface area (Å²) in [6, 6.07) is 27.4. The topological polar surface area (TPSA) is 0 Å². The molecule has 0 heterocycles. The van der Waals surface area contributed by atoms with Crippen LogP contribution >= 0.6 is 0 Å². The van der Waals surface area contributed by atoms with Crippen molar-refractivity contribution in [3.05, 3.63) is 152 Å². The summed E-state index contributed by atoms with van der Waals surface area (Å²) < 4.78 is 3.20. The quantitative estimate of drug-likeness (QED) is 0.267. The second-order valence-electron chi connectivity index (χ2n) is 14.8. The maximum absolute atomic E-state index is 2.58. The first-order valence-corrected chi connectivity index (χ1v) is 18.2. The van der Waals surface area contributed by atoms with Gasteiger partial charge < -0.3 is 0 Å². The summed E-state index contributed by atoms with van der Waals surface area (Å²) in [6.45, 7) is 21.6. The second-order valence-corrected chi connectivity index (χ2v) is 17.8. The summed E-state index contributed by atoms with van der Waals surface area (Å²) in [4.78, 5) is 0. The molecule has 6 rings (SSSR count). The van der Waals surface area contributed by atoms with Crippen molar-refractivity contribution in [2.45, 2.75) is 74.1 Å². The molecule has 0 bridgehead atoms. The summed E-state index contributed by atoms with van der Waals surface area (Å²) >= 11 is -1.34. The number of fused-ring (bicyclic) bond motifs is 2. The zero-order valence-electron chi connectivity index (χ0n) is 27.4. The number of allylic oxidation sites excluding steroid dienone is 8. The molecule has 0 nitrogen and oxygen atoms in total. The van der Waals surface area contributed by atoms with Gasteiger partial charge in [0.1, 0.15) is 0 Å². The standard InChI is InChI=1S/C29H35.C13H10.Zr/c1-18-14-22(27(3,4)5)16-21-17-24-23(25(18)21)15-19(2)29(9,28(6,7)8)26(24)20-12-10-11-13-20;1-3-7-12(8-4-1)11-13-9-5-2-6-10-13;/h10-12,14-16H,13H2,1-9H3;1-10H;. The molecule has 0 amide bonds. The van der Waals surface area contributed by atoms with Crippen molar-refractivity contribution >= 4 is 12.1 Å². The molecule has 3 aliphatic carbocycles. The van der Waals surface area contributed by atoms with Gasteiger partial charge in [0.05, 0.1) is 0 Å². The van der Waals surface area contributed by atoms with Gasteiger partial charge in [0, 0.05) is 0 Å². The van der Waals surface area contributed by atoms with Gasteiger partial charge in [-0.25, -0.2) is 0 Å². The third-order valence-electron chi connectivity index (χ3n) is 10.1. The van der Waals surface area contributed by atoms with Gasteiger partial charge in [-0.2, -0.15) is 0 Å². The fourth-order valence-electron chi connectivity index (χ4n) is 7.24. The Labute approximate surface area is 270 Å².